The highest BCUT2D eigenvalue weighted by Gasteiger charge is 2.17. The predicted molar refractivity (Wildman–Crippen MR) is 75.1 cm³/mol. The largest absolute Gasteiger partial charge is 0.383 e. The van der Waals surface area contributed by atoms with E-state index >= 15 is 0 Å². The van der Waals surface area contributed by atoms with E-state index in [4.69, 9.17) is 11.6 Å². The number of nitrogens with zero attached hydrogens (tertiary/aromatic N) is 1. The first-order valence-corrected chi connectivity index (χ1v) is 6.77. The smallest absolute Gasteiger partial charge is 0.117 e. The second-order valence-corrected chi connectivity index (χ2v) is 5.34. The molecule has 3 aromatic rings. The molecular weight excluding hydrogens is 266 g/mol. The first-order chi connectivity index (χ1) is 8.77. The van der Waals surface area contributed by atoms with Crippen LogP contribution in [0.15, 0.2) is 48.1 Å². The summed E-state index contributed by atoms with van der Waals surface area (Å²) in [6.07, 6.45) is 2.76. The Hall–Kier alpha value is -1.42. The zero-order valence-electron chi connectivity index (χ0n) is 9.38. The second-order valence-electron chi connectivity index (χ2n) is 3.99. The topological polar surface area (TPSA) is 33.1 Å². The Balaban J connectivity index is 2.18. The number of pyridine rings is 1. The summed E-state index contributed by atoms with van der Waals surface area (Å²) in [6.45, 7) is 0. The van der Waals surface area contributed by atoms with E-state index in [0.29, 0.717) is 5.02 Å². The number of thiophene rings is 1. The van der Waals surface area contributed by atoms with Crippen LogP contribution in [-0.2, 0) is 0 Å². The van der Waals surface area contributed by atoms with Crippen molar-refractivity contribution in [3.05, 3.63) is 63.6 Å². The fourth-order valence-electron chi connectivity index (χ4n) is 2.00. The molecule has 3 rings (SSSR count). The maximum atomic E-state index is 10.4. The molecule has 0 amide bonds. The summed E-state index contributed by atoms with van der Waals surface area (Å²) in [7, 11) is 0. The monoisotopic (exact) mass is 275 g/mol. The molecule has 0 aliphatic rings. The molecule has 0 aliphatic carbocycles. The Bertz CT molecular complexity index is 690. The first-order valence-electron chi connectivity index (χ1n) is 5.51. The van der Waals surface area contributed by atoms with Crippen molar-refractivity contribution in [1.29, 1.82) is 0 Å². The number of aliphatic hydroxyl groups is 1. The van der Waals surface area contributed by atoms with E-state index in [9.17, 15) is 5.11 Å². The van der Waals surface area contributed by atoms with Crippen molar-refractivity contribution in [2.45, 2.75) is 6.10 Å². The molecule has 0 spiro atoms. The van der Waals surface area contributed by atoms with Gasteiger partial charge in [-0.1, -0.05) is 35.9 Å². The minimum absolute atomic E-state index is 0.598. The molecule has 0 saturated carbocycles. The van der Waals surface area contributed by atoms with Crippen LogP contribution in [-0.4, -0.2) is 10.1 Å². The van der Waals surface area contributed by atoms with Crippen molar-refractivity contribution in [1.82, 2.24) is 4.98 Å². The minimum atomic E-state index is -0.726. The molecule has 1 unspecified atom stereocenters. The fraction of sp³-hybridized carbons (Fsp3) is 0.0714. The Kier molecular flexibility index (Phi) is 3.04. The number of rotatable bonds is 2. The van der Waals surface area contributed by atoms with E-state index in [1.165, 1.54) is 11.3 Å². The van der Waals surface area contributed by atoms with Crippen LogP contribution in [0.3, 0.4) is 0 Å². The van der Waals surface area contributed by atoms with E-state index < -0.39 is 6.10 Å². The lowest BCUT2D eigenvalue weighted by Gasteiger charge is -2.12. The molecule has 0 radical (unpaired) electrons. The van der Waals surface area contributed by atoms with Gasteiger partial charge in [0, 0.05) is 23.3 Å². The highest BCUT2D eigenvalue weighted by Crippen LogP contribution is 2.35. The Morgan fingerprint density at radius 1 is 1.17 bits per heavy atom. The van der Waals surface area contributed by atoms with Crippen LogP contribution in [0.4, 0.5) is 0 Å². The van der Waals surface area contributed by atoms with Gasteiger partial charge < -0.3 is 5.11 Å². The standard InChI is InChI=1S/C14H10ClNOS/c15-12-5-6-18-14(12)13(17)11-8-16-7-9-3-1-2-4-10(9)11/h1-8,13,17H. The number of halogens is 1. The number of hydrogen-bond donors (Lipinski definition) is 1. The SMILES string of the molecule is OC(c1sccc1Cl)c1cncc2ccccc12. The van der Waals surface area contributed by atoms with Gasteiger partial charge in [-0.05, 0) is 16.8 Å². The predicted octanol–water partition coefficient (Wildman–Crippen LogP) is 4.03. The number of hydrogen-bond acceptors (Lipinski definition) is 3. The summed E-state index contributed by atoms with van der Waals surface area (Å²) in [5.41, 5.74) is 0.789. The third-order valence-corrected chi connectivity index (χ3v) is 4.30. The molecule has 1 N–H and O–H groups in total. The third-order valence-electron chi connectivity index (χ3n) is 2.89. The van der Waals surface area contributed by atoms with Crippen molar-refractivity contribution in [3.8, 4) is 0 Å². The molecule has 0 bridgehead atoms. The zero-order valence-corrected chi connectivity index (χ0v) is 10.9. The van der Waals surface area contributed by atoms with Crippen LogP contribution in [0, 0.1) is 0 Å². The molecule has 2 heterocycles. The molecular formula is C14H10ClNOS. The van der Waals surface area contributed by atoms with Crippen LogP contribution >= 0.6 is 22.9 Å². The molecule has 0 saturated heterocycles. The van der Waals surface area contributed by atoms with E-state index in [1.54, 1.807) is 18.5 Å². The lowest BCUT2D eigenvalue weighted by molar-refractivity contribution is 0.225. The summed E-state index contributed by atoms with van der Waals surface area (Å²) >= 11 is 7.52. The van der Waals surface area contributed by atoms with E-state index in [2.05, 4.69) is 4.98 Å². The normalized spacial score (nSPS) is 12.8. The van der Waals surface area contributed by atoms with Gasteiger partial charge in [0.1, 0.15) is 6.10 Å². The van der Waals surface area contributed by atoms with Crippen LogP contribution < -0.4 is 0 Å². The van der Waals surface area contributed by atoms with Crippen molar-refractivity contribution >= 4 is 33.7 Å². The first kappa shape index (κ1) is 11.7. The van der Waals surface area contributed by atoms with Crippen LogP contribution in [0.2, 0.25) is 5.02 Å². The fourth-order valence-corrected chi connectivity index (χ4v) is 3.16. The van der Waals surface area contributed by atoms with Crippen LogP contribution in [0.1, 0.15) is 16.5 Å². The molecule has 0 aliphatic heterocycles. The molecule has 90 valence electrons. The van der Waals surface area contributed by atoms with Gasteiger partial charge in [-0.2, -0.15) is 0 Å². The summed E-state index contributed by atoms with van der Waals surface area (Å²) in [6, 6.07) is 9.67. The summed E-state index contributed by atoms with van der Waals surface area (Å²) < 4.78 is 0. The number of fused-ring (bicyclic) bond motifs is 1. The van der Waals surface area contributed by atoms with E-state index in [1.807, 2.05) is 29.6 Å². The number of aromatic nitrogens is 1. The van der Waals surface area contributed by atoms with Crippen molar-refractivity contribution < 1.29 is 5.11 Å². The third kappa shape index (κ3) is 1.90. The number of benzene rings is 1. The highest BCUT2D eigenvalue weighted by molar-refractivity contribution is 7.10. The van der Waals surface area contributed by atoms with Crippen LogP contribution in [0.25, 0.3) is 10.8 Å². The average Bonchev–Trinajstić information content (AvgIpc) is 2.83. The summed E-state index contributed by atoms with van der Waals surface area (Å²) in [5, 5.41) is 14.9. The zero-order chi connectivity index (χ0) is 12.5. The van der Waals surface area contributed by atoms with E-state index in [0.717, 1.165) is 21.2 Å². The Labute approximate surface area is 113 Å². The van der Waals surface area contributed by atoms with Gasteiger partial charge in [-0.3, -0.25) is 4.98 Å². The maximum absolute atomic E-state index is 10.4. The van der Waals surface area contributed by atoms with Crippen molar-refractivity contribution in [2.75, 3.05) is 0 Å². The highest BCUT2D eigenvalue weighted by atomic mass is 35.5. The summed E-state index contributed by atoms with van der Waals surface area (Å²) in [5.74, 6) is 0. The number of aliphatic hydroxyl groups excluding tert-OH is 1. The quantitative estimate of drug-likeness (QED) is 0.766. The Morgan fingerprint density at radius 2 is 2.00 bits per heavy atom. The van der Waals surface area contributed by atoms with Crippen molar-refractivity contribution in [2.24, 2.45) is 0 Å². The lowest BCUT2D eigenvalue weighted by Crippen LogP contribution is -1.99. The minimum Gasteiger partial charge on any atom is -0.383 e. The molecule has 18 heavy (non-hydrogen) atoms. The maximum Gasteiger partial charge on any atom is 0.117 e. The molecule has 0 fully saturated rings. The van der Waals surface area contributed by atoms with E-state index in [-0.39, 0.29) is 0 Å². The average molecular weight is 276 g/mol. The van der Waals surface area contributed by atoms with Crippen LogP contribution in [0.5, 0.6) is 0 Å². The Morgan fingerprint density at radius 3 is 2.78 bits per heavy atom. The van der Waals surface area contributed by atoms with Gasteiger partial charge >= 0.3 is 0 Å². The lowest BCUT2D eigenvalue weighted by atomic mass is 10.0. The van der Waals surface area contributed by atoms with Crippen molar-refractivity contribution in [3.63, 3.8) is 0 Å². The molecule has 4 heteroatoms. The molecule has 1 atom stereocenters. The molecule has 1 aromatic carbocycles. The van der Waals surface area contributed by atoms with Gasteiger partial charge in [-0.15, -0.1) is 11.3 Å². The molecule has 2 nitrogen and oxygen atoms in total. The molecule has 2 aromatic heterocycles. The van der Waals surface area contributed by atoms with Gasteiger partial charge in [0.15, 0.2) is 0 Å². The summed E-state index contributed by atoms with van der Waals surface area (Å²) in [4.78, 5) is 4.93. The van der Waals surface area contributed by atoms with Gasteiger partial charge in [-0.25, -0.2) is 0 Å². The van der Waals surface area contributed by atoms with Gasteiger partial charge in [0.25, 0.3) is 0 Å². The van der Waals surface area contributed by atoms with Gasteiger partial charge in [0.05, 0.1) is 9.90 Å². The second kappa shape index (κ2) is 4.69. The van der Waals surface area contributed by atoms with Gasteiger partial charge in [0.2, 0.25) is 0 Å².